The zero-order valence-corrected chi connectivity index (χ0v) is 18.9. The predicted molar refractivity (Wildman–Crippen MR) is 128 cm³/mol. The molecule has 0 radical (unpaired) electrons. The molecular weight excluding hydrogens is 449 g/mol. The number of thioether (sulfide) groups is 1. The minimum absolute atomic E-state index is 0.0388. The largest absolute Gasteiger partial charge is 0.324 e. The van der Waals surface area contributed by atoms with Crippen LogP contribution in [-0.2, 0) is 4.79 Å². The molecule has 0 fully saturated rings. The molecule has 0 saturated carbocycles. The summed E-state index contributed by atoms with van der Waals surface area (Å²) in [5.41, 5.74) is 2.54. The minimum atomic E-state index is -0.556. The molecule has 1 amide bonds. The van der Waals surface area contributed by atoms with E-state index in [-0.39, 0.29) is 22.5 Å². The Balaban J connectivity index is 1.69. The molecule has 3 aromatic carbocycles. The maximum absolute atomic E-state index is 14.6. The number of carbonyl (C=O) groups excluding carboxylic acids is 1. The Kier molecular flexibility index (Phi) is 6.30. The monoisotopic (exact) mass is 467 g/mol. The Hall–Kier alpha value is -3.16. The Labute approximate surface area is 193 Å². The van der Waals surface area contributed by atoms with Gasteiger partial charge in [0.15, 0.2) is 5.16 Å². The first-order valence-corrected chi connectivity index (χ1v) is 11.2. The fraction of sp³-hybridized carbons (Fsp3) is 0.125. The number of nitrogens with one attached hydrogen (secondary N) is 1. The highest BCUT2D eigenvalue weighted by Crippen LogP contribution is 2.28. The second-order valence-corrected chi connectivity index (χ2v) is 8.63. The molecule has 0 aliphatic heterocycles. The third-order valence-electron chi connectivity index (χ3n) is 4.87. The lowest BCUT2D eigenvalue weighted by Crippen LogP contribution is -2.23. The second-order valence-electron chi connectivity index (χ2n) is 7.28. The van der Waals surface area contributed by atoms with Gasteiger partial charge in [-0.15, -0.1) is 0 Å². The summed E-state index contributed by atoms with van der Waals surface area (Å²) < 4.78 is 15.8. The first-order valence-electron chi connectivity index (χ1n) is 9.81. The van der Waals surface area contributed by atoms with Gasteiger partial charge in [0.25, 0.3) is 5.56 Å². The number of aryl methyl sites for hydroxylation is 2. The number of nitrogens with zero attached hydrogens (tertiary/aromatic N) is 2. The van der Waals surface area contributed by atoms with E-state index in [9.17, 15) is 14.0 Å². The summed E-state index contributed by atoms with van der Waals surface area (Å²) in [5.74, 6) is -0.908. The van der Waals surface area contributed by atoms with Gasteiger partial charge in [-0.05, 0) is 55.3 Å². The molecule has 1 N–H and O–H groups in total. The SMILES string of the molecule is Cc1cc(C)c(NC(=O)CSc2nc3ccccc3c(=O)n2-c2ccccc2F)c(Cl)c1. The van der Waals surface area contributed by atoms with Crippen molar-refractivity contribution in [1.29, 1.82) is 0 Å². The van der Waals surface area contributed by atoms with Crippen molar-refractivity contribution in [2.24, 2.45) is 0 Å². The summed E-state index contributed by atoms with van der Waals surface area (Å²) in [7, 11) is 0. The van der Waals surface area contributed by atoms with Gasteiger partial charge in [-0.2, -0.15) is 0 Å². The molecule has 0 unspecified atom stereocenters. The standard InChI is InChI=1S/C24H19ClFN3O2S/c1-14-11-15(2)22(17(25)12-14)28-21(30)13-32-24-27-19-9-5-3-7-16(19)23(31)29(24)20-10-6-4-8-18(20)26/h3-12H,13H2,1-2H3,(H,28,30). The van der Waals surface area contributed by atoms with Crippen LogP contribution in [0.1, 0.15) is 11.1 Å². The van der Waals surface area contributed by atoms with Crippen LogP contribution in [0.5, 0.6) is 0 Å². The van der Waals surface area contributed by atoms with E-state index in [4.69, 9.17) is 11.6 Å². The lowest BCUT2D eigenvalue weighted by Gasteiger charge is -2.14. The van der Waals surface area contributed by atoms with Crippen LogP contribution in [0, 0.1) is 19.7 Å². The second kappa shape index (κ2) is 9.14. The van der Waals surface area contributed by atoms with Crippen molar-refractivity contribution in [3.63, 3.8) is 0 Å². The van der Waals surface area contributed by atoms with E-state index in [1.165, 1.54) is 16.7 Å². The molecular formula is C24H19ClFN3O2S. The summed E-state index contributed by atoms with van der Waals surface area (Å²) in [5, 5.41) is 3.86. The summed E-state index contributed by atoms with van der Waals surface area (Å²) in [6.07, 6.45) is 0. The van der Waals surface area contributed by atoms with E-state index in [0.717, 1.165) is 22.9 Å². The predicted octanol–water partition coefficient (Wildman–Crippen LogP) is 5.53. The van der Waals surface area contributed by atoms with Crippen LogP contribution in [-0.4, -0.2) is 21.2 Å². The first-order chi connectivity index (χ1) is 15.3. The number of aromatic nitrogens is 2. The number of para-hydroxylation sites is 2. The summed E-state index contributed by atoms with van der Waals surface area (Å²) in [4.78, 5) is 30.4. The number of amides is 1. The highest BCUT2D eigenvalue weighted by atomic mass is 35.5. The Morgan fingerprint density at radius 1 is 1.12 bits per heavy atom. The normalized spacial score (nSPS) is 11.0. The molecule has 0 spiro atoms. The number of anilines is 1. The van der Waals surface area contributed by atoms with Gasteiger partial charge in [0.1, 0.15) is 5.82 Å². The van der Waals surface area contributed by atoms with E-state index >= 15 is 0 Å². The number of benzene rings is 3. The van der Waals surface area contributed by atoms with Crippen molar-refractivity contribution >= 4 is 45.9 Å². The van der Waals surface area contributed by atoms with Crippen LogP contribution >= 0.6 is 23.4 Å². The van der Waals surface area contributed by atoms with Gasteiger partial charge in [-0.3, -0.25) is 14.2 Å². The van der Waals surface area contributed by atoms with Gasteiger partial charge in [0.2, 0.25) is 5.91 Å². The fourth-order valence-electron chi connectivity index (χ4n) is 3.43. The van der Waals surface area contributed by atoms with E-state index in [1.54, 1.807) is 42.5 Å². The van der Waals surface area contributed by atoms with Gasteiger partial charge >= 0.3 is 0 Å². The first kappa shape index (κ1) is 22.0. The highest BCUT2D eigenvalue weighted by molar-refractivity contribution is 7.99. The van der Waals surface area contributed by atoms with Crippen LogP contribution in [0.4, 0.5) is 10.1 Å². The van der Waals surface area contributed by atoms with Crippen LogP contribution < -0.4 is 10.9 Å². The minimum Gasteiger partial charge on any atom is -0.324 e. The Morgan fingerprint density at radius 2 is 1.84 bits per heavy atom. The molecule has 4 aromatic rings. The third kappa shape index (κ3) is 4.40. The van der Waals surface area contributed by atoms with Gasteiger partial charge in [0.05, 0.1) is 33.1 Å². The summed E-state index contributed by atoms with van der Waals surface area (Å²) in [6.45, 7) is 3.79. The molecule has 8 heteroatoms. The van der Waals surface area contributed by atoms with E-state index in [2.05, 4.69) is 10.3 Å². The van der Waals surface area contributed by atoms with Crippen molar-refractivity contribution < 1.29 is 9.18 Å². The quantitative estimate of drug-likeness (QED) is 0.310. The Morgan fingerprint density at radius 3 is 2.59 bits per heavy atom. The molecule has 4 rings (SSSR count). The van der Waals surface area contributed by atoms with Crippen LogP contribution in [0.3, 0.4) is 0 Å². The number of carbonyl (C=O) groups is 1. The molecule has 0 bridgehead atoms. The lowest BCUT2D eigenvalue weighted by molar-refractivity contribution is -0.113. The number of fused-ring (bicyclic) bond motifs is 1. The van der Waals surface area contributed by atoms with Gasteiger partial charge in [0, 0.05) is 0 Å². The summed E-state index contributed by atoms with van der Waals surface area (Å²) in [6, 6.07) is 16.5. The third-order valence-corrected chi connectivity index (χ3v) is 6.10. The molecule has 32 heavy (non-hydrogen) atoms. The fourth-order valence-corrected chi connectivity index (χ4v) is 4.61. The van der Waals surface area contributed by atoms with Crippen LogP contribution in [0.25, 0.3) is 16.6 Å². The van der Waals surface area contributed by atoms with Crippen molar-refractivity contribution in [1.82, 2.24) is 9.55 Å². The zero-order chi connectivity index (χ0) is 22.8. The number of hydrogen-bond donors (Lipinski definition) is 1. The van der Waals surface area contributed by atoms with Crippen molar-refractivity contribution in [3.05, 3.63) is 93.0 Å². The number of hydrogen-bond acceptors (Lipinski definition) is 4. The van der Waals surface area contributed by atoms with Crippen LogP contribution in [0.2, 0.25) is 5.02 Å². The maximum atomic E-state index is 14.6. The summed E-state index contributed by atoms with van der Waals surface area (Å²) >= 11 is 7.34. The average Bonchev–Trinajstić information content (AvgIpc) is 2.76. The lowest BCUT2D eigenvalue weighted by atomic mass is 10.1. The molecule has 0 aliphatic carbocycles. The van der Waals surface area contributed by atoms with Gasteiger partial charge in [-0.25, -0.2) is 9.37 Å². The number of halogens is 2. The molecule has 1 heterocycles. The van der Waals surface area contributed by atoms with E-state index in [1.807, 2.05) is 19.9 Å². The van der Waals surface area contributed by atoms with Gasteiger partial charge in [-0.1, -0.05) is 53.7 Å². The molecule has 0 atom stereocenters. The van der Waals surface area contributed by atoms with Gasteiger partial charge < -0.3 is 5.32 Å². The smallest absolute Gasteiger partial charge is 0.266 e. The number of rotatable bonds is 5. The maximum Gasteiger partial charge on any atom is 0.266 e. The van der Waals surface area contributed by atoms with E-state index < -0.39 is 11.4 Å². The molecule has 162 valence electrons. The molecule has 5 nitrogen and oxygen atoms in total. The Bertz CT molecular complexity index is 1380. The molecule has 0 saturated heterocycles. The zero-order valence-electron chi connectivity index (χ0n) is 17.4. The topological polar surface area (TPSA) is 64.0 Å². The average molecular weight is 468 g/mol. The molecule has 0 aliphatic rings. The molecule has 1 aromatic heterocycles. The van der Waals surface area contributed by atoms with Crippen molar-refractivity contribution in [2.45, 2.75) is 19.0 Å². The highest BCUT2D eigenvalue weighted by Gasteiger charge is 2.17. The van der Waals surface area contributed by atoms with Crippen molar-refractivity contribution in [3.8, 4) is 5.69 Å². The van der Waals surface area contributed by atoms with Crippen molar-refractivity contribution in [2.75, 3.05) is 11.1 Å². The van der Waals surface area contributed by atoms with E-state index in [0.29, 0.717) is 21.6 Å². The van der Waals surface area contributed by atoms with Crippen LogP contribution in [0.15, 0.2) is 70.6 Å².